The van der Waals surface area contributed by atoms with Gasteiger partial charge in [0.2, 0.25) is 0 Å². The van der Waals surface area contributed by atoms with Crippen molar-refractivity contribution in [3.63, 3.8) is 0 Å². The molecule has 0 saturated carbocycles. The molecule has 1 atom stereocenters. The molecule has 0 aliphatic carbocycles. The van der Waals surface area contributed by atoms with Crippen molar-refractivity contribution in [3.05, 3.63) is 12.7 Å². The zero-order valence-electron chi connectivity index (χ0n) is 4.89. The molecule has 0 amide bonds. The monoisotopic (exact) mass is 113 g/mol. The SMILES string of the molecule is C=CCNCC1CO1. The number of epoxide rings is 1. The Morgan fingerprint density at radius 2 is 2.62 bits per heavy atom. The summed E-state index contributed by atoms with van der Waals surface area (Å²) in [6.45, 7) is 6.38. The Morgan fingerprint density at radius 1 is 1.88 bits per heavy atom. The zero-order valence-corrected chi connectivity index (χ0v) is 4.89. The molecule has 1 fully saturated rings. The van der Waals surface area contributed by atoms with Crippen molar-refractivity contribution in [1.29, 1.82) is 0 Å². The lowest BCUT2D eigenvalue weighted by Gasteiger charge is -1.93. The quantitative estimate of drug-likeness (QED) is 0.319. The van der Waals surface area contributed by atoms with E-state index in [1.54, 1.807) is 0 Å². The molecule has 0 aromatic carbocycles. The molecule has 0 radical (unpaired) electrons. The van der Waals surface area contributed by atoms with Gasteiger partial charge in [0.25, 0.3) is 0 Å². The largest absolute Gasteiger partial charge is 0.372 e. The number of ether oxygens (including phenoxy) is 1. The summed E-state index contributed by atoms with van der Waals surface area (Å²) in [7, 11) is 0. The van der Waals surface area contributed by atoms with Gasteiger partial charge in [-0.25, -0.2) is 0 Å². The average molecular weight is 113 g/mol. The summed E-state index contributed by atoms with van der Waals surface area (Å²) in [6.07, 6.45) is 2.34. The van der Waals surface area contributed by atoms with E-state index >= 15 is 0 Å². The first-order valence-corrected chi connectivity index (χ1v) is 2.86. The van der Waals surface area contributed by atoms with Crippen LogP contribution >= 0.6 is 0 Å². The van der Waals surface area contributed by atoms with Gasteiger partial charge in [0.05, 0.1) is 12.7 Å². The minimum absolute atomic E-state index is 0.495. The van der Waals surface area contributed by atoms with Crippen molar-refractivity contribution in [2.75, 3.05) is 19.7 Å². The molecule has 1 N–H and O–H groups in total. The highest BCUT2D eigenvalue weighted by Crippen LogP contribution is 2.05. The van der Waals surface area contributed by atoms with Crippen LogP contribution in [0.1, 0.15) is 0 Å². The molecule has 0 aromatic rings. The molecule has 0 bridgehead atoms. The lowest BCUT2D eigenvalue weighted by molar-refractivity contribution is 0.400. The van der Waals surface area contributed by atoms with Crippen LogP contribution < -0.4 is 5.32 Å². The summed E-state index contributed by atoms with van der Waals surface area (Å²) in [5, 5.41) is 3.15. The molecule has 1 rings (SSSR count). The highest BCUT2D eigenvalue weighted by Gasteiger charge is 2.20. The number of hydrogen-bond acceptors (Lipinski definition) is 2. The third-order valence-electron chi connectivity index (χ3n) is 1.06. The topological polar surface area (TPSA) is 24.6 Å². The fraction of sp³-hybridized carbons (Fsp3) is 0.667. The predicted octanol–water partition coefficient (Wildman–Crippen LogP) is 0.161. The molecule has 0 spiro atoms. The van der Waals surface area contributed by atoms with Crippen LogP contribution in [0.3, 0.4) is 0 Å². The molecule has 0 aromatic heterocycles. The van der Waals surface area contributed by atoms with Gasteiger partial charge >= 0.3 is 0 Å². The Bertz CT molecular complexity index is 78.6. The van der Waals surface area contributed by atoms with E-state index in [9.17, 15) is 0 Å². The zero-order chi connectivity index (χ0) is 5.82. The van der Waals surface area contributed by atoms with Gasteiger partial charge < -0.3 is 10.1 Å². The predicted molar refractivity (Wildman–Crippen MR) is 32.8 cm³/mol. The maximum Gasteiger partial charge on any atom is 0.0934 e. The molecule has 1 heterocycles. The molecule has 1 unspecified atom stereocenters. The normalized spacial score (nSPS) is 25.2. The van der Waals surface area contributed by atoms with Crippen LogP contribution in [0.2, 0.25) is 0 Å². The second-order valence-electron chi connectivity index (χ2n) is 1.90. The molecule has 1 saturated heterocycles. The maximum atomic E-state index is 4.96. The second-order valence-corrected chi connectivity index (χ2v) is 1.90. The van der Waals surface area contributed by atoms with Crippen molar-refractivity contribution >= 4 is 0 Å². The first-order valence-electron chi connectivity index (χ1n) is 2.86. The van der Waals surface area contributed by atoms with Gasteiger partial charge in [-0.3, -0.25) is 0 Å². The van der Waals surface area contributed by atoms with E-state index in [4.69, 9.17) is 4.74 Å². The summed E-state index contributed by atoms with van der Waals surface area (Å²) < 4.78 is 4.96. The fourth-order valence-electron chi connectivity index (χ4n) is 0.532. The summed E-state index contributed by atoms with van der Waals surface area (Å²) >= 11 is 0. The summed E-state index contributed by atoms with van der Waals surface area (Å²) in [5.74, 6) is 0. The minimum atomic E-state index is 0.495. The van der Waals surface area contributed by atoms with Crippen LogP contribution in [0.5, 0.6) is 0 Å². The highest BCUT2D eigenvalue weighted by molar-refractivity contribution is 4.75. The van der Waals surface area contributed by atoms with E-state index in [1.807, 2.05) is 6.08 Å². The van der Waals surface area contributed by atoms with Gasteiger partial charge in [0.15, 0.2) is 0 Å². The second kappa shape index (κ2) is 2.84. The summed E-state index contributed by atoms with van der Waals surface area (Å²) in [5.41, 5.74) is 0. The van der Waals surface area contributed by atoms with Gasteiger partial charge in [-0.15, -0.1) is 6.58 Å². The van der Waals surface area contributed by atoms with Crippen LogP contribution in [0.4, 0.5) is 0 Å². The van der Waals surface area contributed by atoms with Crippen LogP contribution in [-0.2, 0) is 4.74 Å². The van der Waals surface area contributed by atoms with Crippen LogP contribution in [0, 0.1) is 0 Å². The Balaban J connectivity index is 1.80. The van der Waals surface area contributed by atoms with E-state index in [-0.39, 0.29) is 0 Å². The molecule has 2 heteroatoms. The molecule has 1 aliphatic heterocycles. The van der Waals surface area contributed by atoms with Gasteiger partial charge in [-0.2, -0.15) is 0 Å². The van der Waals surface area contributed by atoms with Crippen LogP contribution in [0.15, 0.2) is 12.7 Å². The van der Waals surface area contributed by atoms with Crippen LogP contribution in [-0.4, -0.2) is 25.8 Å². The third kappa shape index (κ3) is 2.09. The number of nitrogens with one attached hydrogen (secondary N) is 1. The Kier molecular flexibility index (Phi) is 2.06. The summed E-state index contributed by atoms with van der Waals surface area (Å²) in [6, 6.07) is 0. The van der Waals surface area contributed by atoms with E-state index in [1.165, 1.54) is 0 Å². The van der Waals surface area contributed by atoms with Gasteiger partial charge in [0, 0.05) is 13.1 Å². The molecular weight excluding hydrogens is 102 g/mol. The summed E-state index contributed by atoms with van der Waals surface area (Å²) in [4.78, 5) is 0. The lowest BCUT2D eigenvalue weighted by Crippen LogP contribution is -2.19. The smallest absolute Gasteiger partial charge is 0.0934 e. The van der Waals surface area contributed by atoms with Crippen molar-refractivity contribution in [3.8, 4) is 0 Å². The van der Waals surface area contributed by atoms with Crippen molar-refractivity contribution in [1.82, 2.24) is 5.32 Å². The Labute approximate surface area is 49.5 Å². The van der Waals surface area contributed by atoms with Gasteiger partial charge in [0.1, 0.15) is 0 Å². The molecular formula is C6H11NO. The molecule has 8 heavy (non-hydrogen) atoms. The Hall–Kier alpha value is -0.340. The molecule has 1 aliphatic rings. The number of hydrogen-bond donors (Lipinski definition) is 1. The van der Waals surface area contributed by atoms with E-state index in [0.717, 1.165) is 19.7 Å². The standard InChI is InChI=1S/C6H11NO/c1-2-3-7-4-6-5-8-6/h2,6-7H,1,3-5H2. The van der Waals surface area contributed by atoms with Gasteiger partial charge in [-0.05, 0) is 0 Å². The van der Waals surface area contributed by atoms with Crippen LogP contribution in [0.25, 0.3) is 0 Å². The Morgan fingerprint density at radius 3 is 3.12 bits per heavy atom. The highest BCUT2D eigenvalue weighted by atomic mass is 16.6. The van der Waals surface area contributed by atoms with E-state index < -0.39 is 0 Å². The fourth-order valence-corrected chi connectivity index (χ4v) is 0.532. The number of rotatable bonds is 4. The molecule has 2 nitrogen and oxygen atoms in total. The van der Waals surface area contributed by atoms with E-state index in [0.29, 0.717) is 6.10 Å². The van der Waals surface area contributed by atoms with Crippen molar-refractivity contribution in [2.24, 2.45) is 0 Å². The average Bonchev–Trinajstić information content (AvgIpc) is 2.51. The van der Waals surface area contributed by atoms with Gasteiger partial charge in [-0.1, -0.05) is 6.08 Å². The third-order valence-corrected chi connectivity index (χ3v) is 1.06. The maximum absolute atomic E-state index is 4.96. The van der Waals surface area contributed by atoms with E-state index in [2.05, 4.69) is 11.9 Å². The lowest BCUT2D eigenvalue weighted by atomic mass is 10.4. The first-order chi connectivity index (χ1) is 3.93. The van der Waals surface area contributed by atoms with Crippen molar-refractivity contribution < 1.29 is 4.74 Å². The minimum Gasteiger partial charge on any atom is -0.372 e. The first kappa shape index (κ1) is 5.79. The van der Waals surface area contributed by atoms with Crippen molar-refractivity contribution in [2.45, 2.75) is 6.10 Å². The molecule has 46 valence electrons.